The maximum atomic E-state index is 12.9. The van der Waals surface area contributed by atoms with Crippen molar-refractivity contribution in [3.8, 4) is 0 Å². The zero-order chi connectivity index (χ0) is 26.0. The summed E-state index contributed by atoms with van der Waals surface area (Å²) in [5, 5.41) is 34.1. The zero-order valence-corrected chi connectivity index (χ0v) is 21.5. The van der Waals surface area contributed by atoms with Crippen molar-refractivity contribution in [2.75, 3.05) is 24.3 Å². The lowest BCUT2D eigenvalue weighted by atomic mass is 10.0. The normalized spacial score (nSPS) is 19.5. The third-order valence-electron chi connectivity index (χ3n) is 4.82. The van der Waals surface area contributed by atoms with Gasteiger partial charge in [0.15, 0.2) is 15.2 Å². The number of carboxylic acids is 2. The lowest BCUT2D eigenvalue weighted by Crippen LogP contribution is -2.71. The van der Waals surface area contributed by atoms with E-state index in [0.717, 1.165) is 27.6 Å². The van der Waals surface area contributed by atoms with Gasteiger partial charge in [-0.15, -0.1) is 33.3 Å². The summed E-state index contributed by atoms with van der Waals surface area (Å²) in [6.45, 7) is 0. The standard InChI is InChI=1S/C18H17N7O7S4/c1-32-24-10(7-5-34-17(19)20-7)13(28)21-11-14(29)25-12(16(30)31)6(3-33-15(11)25)4-35-18-23-22-8(36-18)2-9(26)27/h5,11,15H,2-4H2,1H3,(H2,19,20)(H,21,28)(H,26,27)(H,30,31)/b24-10-/t11?,15-/m1/s1. The number of nitrogens with two attached hydrogens (primary N) is 1. The van der Waals surface area contributed by atoms with Crippen LogP contribution in [0.25, 0.3) is 0 Å². The minimum Gasteiger partial charge on any atom is -0.481 e. The summed E-state index contributed by atoms with van der Waals surface area (Å²) in [7, 11) is 1.26. The minimum absolute atomic E-state index is 0.143. The molecule has 2 aromatic heterocycles. The summed E-state index contributed by atoms with van der Waals surface area (Å²) in [5.74, 6) is -3.05. The third-order valence-corrected chi connectivity index (χ3v) is 8.98. The maximum absolute atomic E-state index is 12.9. The molecule has 1 unspecified atom stereocenters. The molecule has 2 aliphatic rings. The van der Waals surface area contributed by atoms with Crippen molar-refractivity contribution in [3.05, 3.63) is 27.4 Å². The molecule has 2 aromatic rings. The van der Waals surface area contributed by atoms with E-state index in [1.807, 2.05) is 0 Å². The fourth-order valence-corrected chi connectivity index (χ4v) is 7.26. The number of hydrogen-bond acceptors (Lipinski definition) is 14. The van der Waals surface area contributed by atoms with Crippen molar-refractivity contribution < 1.29 is 34.2 Å². The van der Waals surface area contributed by atoms with Crippen molar-refractivity contribution in [1.82, 2.24) is 25.4 Å². The number of carbonyl (C=O) groups is 4. The number of fused-ring (bicyclic) bond motifs is 1. The van der Waals surface area contributed by atoms with Crippen LogP contribution in [-0.4, -0.2) is 89.8 Å². The Labute approximate surface area is 219 Å². The van der Waals surface area contributed by atoms with Gasteiger partial charge >= 0.3 is 11.9 Å². The molecule has 0 saturated carbocycles. The summed E-state index contributed by atoms with van der Waals surface area (Å²) >= 11 is 4.74. The molecule has 190 valence electrons. The predicted octanol–water partition coefficient (Wildman–Crippen LogP) is 0.0853. The second-order valence-corrected chi connectivity index (χ2v) is 11.4. The second-order valence-electron chi connectivity index (χ2n) is 7.13. The fourth-order valence-electron chi connectivity index (χ4n) is 3.34. The van der Waals surface area contributed by atoms with Crippen LogP contribution in [0.1, 0.15) is 10.7 Å². The Hall–Kier alpha value is -3.22. The van der Waals surface area contributed by atoms with E-state index < -0.39 is 35.2 Å². The number of oxime groups is 1. The molecule has 36 heavy (non-hydrogen) atoms. The molecule has 0 aromatic carbocycles. The van der Waals surface area contributed by atoms with Crippen molar-refractivity contribution >= 4 is 80.8 Å². The van der Waals surface area contributed by atoms with Gasteiger partial charge in [-0.25, -0.2) is 9.78 Å². The number of nitrogens with one attached hydrogen (secondary N) is 1. The number of hydrogen-bond donors (Lipinski definition) is 4. The summed E-state index contributed by atoms with van der Waals surface area (Å²) in [6, 6.07) is -0.967. The van der Waals surface area contributed by atoms with Gasteiger partial charge in [0.2, 0.25) is 0 Å². The first kappa shape index (κ1) is 25.9. The van der Waals surface area contributed by atoms with Gasteiger partial charge < -0.3 is 26.1 Å². The van der Waals surface area contributed by atoms with Crippen molar-refractivity contribution in [3.63, 3.8) is 0 Å². The van der Waals surface area contributed by atoms with Gasteiger partial charge in [-0.1, -0.05) is 28.3 Å². The Morgan fingerprint density at radius 1 is 1.36 bits per heavy atom. The SMILES string of the molecule is CO/N=C(\C(=O)NC1C(=O)N2C(C(=O)O)=C(CSc3nnc(CC(=O)O)s3)CS[C@H]12)c1csc(N)n1. The third kappa shape index (κ3) is 5.30. The number of rotatable bonds is 10. The fraction of sp³-hybridized carbons (Fsp3) is 0.333. The highest BCUT2D eigenvalue weighted by molar-refractivity contribution is 8.01. The number of aromatic nitrogens is 3. The molecule has 0 bridgehead atoms. The number of amides is 2. The number of thioether (sulfide) groups is 2. The van der Waals surface area contributed by atoms with Gasteiger partial charge in [0.1, 0.15) is 34.9 Å². The van der Waals surface area contributed by atoms with E-state index in [9.17, 15) is 24.3 Å². The predicted molar refractivity (Wildman–Crippen MR) is 132 cm³/mol. The van der Waals surface area contributed by atoms with Gasteiger partial charge in [0, 0.05) is 16.9 Å². The first-order chi connectivity index (χ1) is 17.2. The number of nitrogen functional groups attached to an aromatic ring is 1. The minimum atomic E-state index is -1.27. The number of anilines is 1. The second kappa shape index (κ2) is 10.8. The van der Waals surface area contributed by atoms with Gasteiger partial charge in [-0.3, -0.25) is 19.3 Å². The van der Waals surface area contributed by atoms with E-state index in [4.69, 9.17) is 15.7 Å². The summed E-state index contributed by atoms with van der Waals surface area (Å²) in [6.07, 6.45) is -0.249. The van der Waals surface area contributed by atoms with Crippen LogP contribution in [0.15, 0.2) is 26.1 Å². The molecule has 1 saturated heterocycles. The topological polar surface area (TPSA) is 210 Å². The molecule has 5 N–H and O–H groups in total. The number of aliphatic carboxylic acids is 2. The largest absolute Gasteiger partial charge is 0.481 e. The van der Waals surface area contributed by atoms with Crippen molar-refractivity contribution in [2.45, 2.75) is 22.2 Å². The highest BCUT2D eigenvalue weighted by Crippen LogP contribution is 2.41. The molecule has 0 radical (unpaired) electrons. The molecule has 18 heteroatoms. The first-order valence-corrected chi connectivity index (χ1v) is 13.6. The summed E-state index contributed by atoms with van der Waals surface area (Å²) in [5.41, 5.74) is 6.00. The monoisotopic (exact) mass is 571 g/mol. The van der Waals surface area contributed by atoms with Gasteiger partial charge in [-0.2, -0.15) is 0 Å². The number of β-lactam (4-membered cyclic amide) rings is 1. The lowest BCUT2D eigenvalue weighted by molar-refractivity contribution is -0.150. The Morgan fingerprint density at radius 2 is 2.14 bits per heavy atom. The molecular weight excluding hydrogens is 555 g/mol. The van der Waals surface area contributed by atoms with E-state index in [1.165, 1.54) is 36.0 Å². The number of nitrogens with zero attached hydrogens (tertiary/aromatic N) is 5. The zero-order valence-electron chi connectivity index (χ0n) is 18.2. The molecule has 2 atom stereocenters. The van der Waals surface area contributed by atoms with E-state index in [-0.39, 0.29) is 34.4 Å². The Kier molecular flexibility index (Phi) is 7.76. The smallest absolute Gasteiger partial charge is 0.352 e. The quantitative estimate of drug-likeness (QED) is 0.129. The molecular formula is C18H17N7O7S4. The molecule has 2 aliphatic heterocycles. The van der Waals surface area contributed by atoms with Gasteiger partial charge in [-0.05, 0) is 5.57 Å². The Morgan fingerprint density at radius 3 is 2.78 bits per heavy atom. The molecule has 14 nitrogen and oxygen atoms in total. The van der Waals surface area contributed by atoms with Crippen LogP contribution < -0.4 is 11.1 Å². The number of carboxylic acid groups (broad SMARTS) is 2. The highest BCUT2D eigenvalue weighted by atomic mass is 32.2. The van der Waals surface area contributed by atoms with Crippen LogP contribution in [0, 0.1) is 0 Å². The van der Waals surface area contributed by atoms with Crippen LogP contribution in [0.3, 0.4) is 0 Å². The highest BCUT2D eigenvalue weighted by Gasteiger charge is 2.54. The maximum Gasteiger partial charge on any atom is 0.352 e. The van der Waals surface area contributed by atoms with Crippen molar-refractivity contribution in [1.29, 1.82) is 0 Å². The average molecular weight is 572 g/mol. The lowest BCUT2D eigenvalue weighted by Gasteiger charge is -2.49. The van der Waals surface area contributed by atoms with E-state index in [0.29, 0.717) is 20.7 Å². The van der Waals surface area contributed by atoms with Crippen LogP contribution >= 0.6 is 46.2 Å². The molecule has 4 rings (SSSR count). The Bertz CT molecular complexity index is 1290. The van der Waals surface area contributed by atoms with Crippen LogP contribution in [-0.2, 0) is 30.4 Å². The van der Waals surface area contributed by atoms with Gasteiger partial charge in [0.25, 0.3) is 11.8 Å². The van der Waals surface area contributed by atoms with E-state index >= 15 is 0 Å². The molecule has 1 fully saturated rings. The summed E-state index contributed by atoms with van der Waals surface area (Å²) < 4.78 is 0.489. The molecule has 0 spiro atoms. The first-order valence-electron chi connectivity index (χ1n) is 9.90. The van der Waals surface area contributed by atoms with Crippen LogP contribution in [0.5, 0.6) is 0 Å². The van der Waals surface area contributed by atoms with E-state index in [2.05, 4.69) is 25.7 Å². The van der Waals surface area contributed by atoms with Crippen LogP contribution in [0.2, 0.25) is 0 Å². The number of carbonyl (C=O) groups excluding carboxylic acids is 2. The summed E-state index contributed by atoms with van der Waals surface area (Å²) in [4.78, 5) is 58.5. The Balaban J connectivity index is 1.46. The number of thiazole rings is 1. The van der Waals surface area contributed by atoms with E-state index in [1.54, 1.807) is 0 Å². The molecule has 2 amide bonds. The van der Waals surface area contributed by atoms with Crippen molar-refractivity contribution in [2.24, 2.45) is 5.16 Å². The average Bonchev–Trinajstić information content (AvgIpc) is 3.46. The van der Waals surface area contributed by atoms with Crippen LogP contribution in [0.4, 0.5) is 5.13 Å². The molecule has 4 heterocycles. The van der Waals surface area contributed by atoms with Gasteiger partial charge in [0.05, 0.1) is 6.42 Å². The molecule has 0 aliphatic carbocycles.